The van der Waals surface area contributed by atoms with Gasteiger partial charge in [-0.05, 0) is 161 Å². The number of ketones is 1. The summed E-state index contributed by atoms with van der Waals surface area (Å²) >= 11 is 3.34. The van der Waals surface area contributed by atoms with Gasteiger partial charge in [-0.25, -0.2) is 9.59 Å². The van der Waals surface area contributed by atoms with Crippen molar-refractivity contribution in [2.45, 2.75) is 297 Å². The Morgan fingerprint density at radius 3 is 1.89 bits per heavy atom. The zero-order chi connectivity index (χ0) is 70.4. The lowest BCUT2D eigenvalue weighted by molar-refractivity contribution is -0.165. The fourth-order valence-corrected chi connectivity index (χ4v) is 20.7. The molecule has 1 N–H and O–H groups in total. The number of hydrogen-bond donors (Lipinski definition) is 1. The van der Waals surface area contributed by atoms with Crippen molar-refractivity contribution in [2.24, 2.45) is 35.5 Å². The van der Waals surface area contributed by atoms with Gasteiger partial charge in [-0.3, -0.25) is 14.4 Å². The molecule has 0 bridgehead atoms. The molecule has 0 unspecified atom stereocenters. The van der Waals surface area contributed by atoms with E-state index in [1.165, 1.54) is 6.08 Å². The van der Waals surface area contributed by atoms with Gasteiger partial charge in [0.2, 0.25) is 5.91 Å². The molecule has 0 aromatic heterocycles. The van der Waals surface area contributed by atoms with Crippen molar-refractivity contribution in [3.05, 3.63) is 60.3 Å². The highest BCUT2D eigenvalue weighted by molar-refractivity contribution is 9.09. The molecule has 0 aromatic carbocycles. The number of carbonyl (C=O) groups is 5. The molecular formula is C73H130BrNO15Si3. The van der Waals surface area contributed by atoms with Gasteiger partial charge in [0, 0.05) is 58.7 Å². The number of rotatable bonds is 44. The number of halogens is 1. The predicted molar refractivity (Wildman–Crippen MR) is 387 cm³/mol. The highest BCUT2D eigenvalue weighted by atomic mass is 79.9. The second kappa shape index (κ2) is 42.7. The monoisotopic (exact) mass is 1420 g/mol. The average Bonchev–Trinajstić information content (AvgIpc) is 0.856. The number of likely N-dealkylation sites (tertiary alicyclic amines) is 1. The summed E-state index contributed by atoms with van der Waals surface area (Å²) in [5.41, 5.74) is 1.80. The Bertz CT molecular complexity index is 2370. The molecule has 1 amide bonds. The first-order valence-electron chi connectivity index (χ1n) is 35.4. The Morgan fingerprint density at radius 2 is 1.34 bits per heavy atom. The van der Waals surface area contributed by atoms with Crippen LogP contribution in [0.1, 0.15) is 188 Å². The summed E-state index contributed by atoms with van der Waals surface area (Å²) in [7, 11) is -1.45. The van der Waals surface area contributed by atoms with Crippen molar-refractivity contribution < 1.29 is 70.8 Å². The fraction of sp³-hybridized carbons (Fsp3) is 0.795. The Hall–Kier alpha value is -3.06. The van der Waals surface area contributed by atoms with Crippen LogP contribution in [0, 0.1) is 35.5 Å². The van der Waals surface area contributed by atoms with Crippen LogP contribution in [-0.4, -0.2) is 159 Å². The molecule has 1 saturated carbocycles. The summed E-state index contributed by atoms with van der Waals surface area (Å²) in [4.78, 5) is 70.0. The minimum atomic E-state index is -2.43. The van der Waals surface area contributed by atoms with E-state index in [2.05, 4.69) is 131 Å². The molecule has 0 radical (unpaired) electrons. The summed E-state index contributed by atoms with van der Waals surface area (Å²) in [5, 5.41) is 9.77. The highest BCUT2D eigenvalue weighted by Gasteiger charge is 2.45. The molecule has 15 atom stereocenters. The molecule has 1 saturated heterocycles. The number of hydrogen-bond acceptors (Lipinski definition) is 14. The number of carbonyl (C=O) groups excluding carboxylic acids is 4. The lowest BCUT2D eigenvalue weighted by atomic mass is 9.78. The van der Waals surface area contributed by atoms with Gasteiger partial charge in [0.25, 0.3) is 0 Å². The second-order valence-electron chi connectivity index (χ2n) is 28.7. The zero-order valence-electron chi connectivity index (χ0n) is 61.7. The smallest absolute Gasteiger partial charge is 0.481 e. The minimum absolute atomic E-state index is 0.0238. The number of allylic oxidation sites excluding steroid dienone is 5. The third kappa shape index (κ3) is 27.6. The maximum absolute atomic E-state index is 15.0. The Balaban J connectivity index is 2.60. The van der Waals surface area contributed by atoms with Crippen LogP contribution >= 0.6 is 15.9 Å². The predicted octanol–water partition coefficient (Wildman–Crippen LogP) is 17.6. The maximum atomic E-state index is 15.0. The van der Waals surface area contributed by atoms with Crippen LogP contribution in [-0.2, 0) is 60.9 Å². The van der Waals surface area contributed by atoms with E-state index < -0.39 is 91.3 Å². The zero-order valence-corrected chi connectivity index (χ0v) is 66.3. The van der Waals surface area contributed by atoms with Crippen LogP contribution in [0.15, 0.2) is 60.3 Å². The Morgan fingerprint density at radius 1 is 0.720 bits per heavy atom. The summed E-state index contributed by atoms with van der Waals surface area (Å²) in [6, 6.07) is 4.77. The quantitative estimate of drug-likeness (QED) is 0.0199. The summed E-state index contributed by atoms with van der Waals surface area (Å²) in [6.45, 7) is 42.4. The summed E-state index contributed by atoms with van der Waals surface area (Å²) in [6.07, 6.45) is 16.8. The van der Waals surface area contributed by atoms with Crippen LogP contribution in [0.25, 0.3) is 0 Å². The topological polar surface area (TPSA) is 192 Å². The first-order valence-corrected chi connectivity index (χ1v) is 44.5. The van der Waals surface area contributed by atoms with E-state index in [4.69, 9.17) is 41.7 Å². The molecule has 1 aliphatic carbocycles. The van der Waals surface area contributed by atoms with Crippen LogP contribution in [0.2, 0.25) is 54.4 Å². The van der Waals surface area contributed by atoms with E-state index in [9.17, 15) is 29.1 Å². The molecule has 1 aliphatic heterocycles. The molecule has 2 fully saturated rings. The lowest BCUT2D eigenvalue weighted by Crippen LogP contribution is -2.50. The van der Waals surface area contributed by atoms with Crippen molar-refractivity contribution in [3.63, 3.8) is 0 Å². The number of aliphatic carboxylic acids is 1. The minimum Gasteiger partial charge on any atom is -0.481 e. The van der Waals surface area contributed by atoms with Gasteiger partial charge in [0.05, 0.1) is 35.7 Å². The third-order valence-electron chi connectivity index (χ3n) is 21.1. The molecule has 1 heterocycles. The molecule has 20 heteroatoms. The highest BCUT2D eigenvalue weighted by Crippen LogP contribution is 2.42. The van der Waals surface area contributed by atoms with Crippen LogP contribution in [0.4, 0.5) is 4.79 Å². The number of Topliss-reactive ketones (excluding diaryl/α,β-unsaturated/α-hetero) is 1. The number of esters is 1. The van der Waals surface area contributed by atoms with E-state index in [1.54, 1.807) is 33.2 Å². The average molecular weight is 1430 g/mol. The fourth-order valence-electron chi connectivity index (χ4n) is 13.3. The van der Waals surface area contributed by atoms with Gasteiger partial charge >= 0.3 is 18.1 Å². The number of ether oxygens (including phenoxy) is 6. The van der Waals surface area contributed by atoms with Gasteiger partial charge in [-0.15, -0.1) is 0 Å². The largest absolute Gasteiger partial charge is 0.508 e. The SMILES string of the molecule is C=CCOC(=O)O[C@H](C[C@H](OC(=O)[C@@H]1CCCCN1C(=O)CBr)[C@H](C)C[C@@H]1CC[C@@H](O[Si](C)(C)C(C)(C)C)[C@H](OC)C1)[C@H](C)/C=C(\C)[C@@H](O[Si](CC)(CC)CC)[C@@H](OC)C(=O)[C@H](C)C[C@H](C)/C=C/C=C/C=C(\C)[C@H](C[C@H](CC[C@@H](C)C(=O)O)O[Si](CC)(CC)CC)OC. The Kier molecular flexibility index (Phi) is 39.5. The number of piperidine rings is 1. The number of nitrogens with zero attached hydrogens (tertiary/aromatic N) is 1. The summed E-state index contributed by atoms with van der Waals surface area (Å²) in [5.74, 6) is -2.82. The van der Waals surface area contributed by atoms with Crippen molar-refractivity contribution in [1.29, 1.82) is 0 Å². The molecule has 2 aliphatic rings. The molecular weight excluding hydrogens is 1290 g/mol. The van der Waals surface area contributed by atoms with Gasteiger partial charge < -0.3 is 51.7 Å². The van der Waals surface area contributed by atoms with Crippen molar-refractivity contribution in [1.82, 2.24) is 4.90 Å². The molecule has 93 heavy (non-hydrogen) atoms. The van der Waals surface area contributed by atoms with Crippen LogP contribution in [0.5, 0.6) is 0 Å². The maximum Gasteiger partial charge on any atom is 0.508 e. The number of amides is 1. The number of carboxylic acids is 1. The van der Waals surface area contributed by atoms with Crippen molar-refractivity contribution >= 4 is 70.7 Å². The molecule has 16 nitrogen and oxygen atoms in total. The first kappa shape index (κ1) is 86.0. The van der Waals surface area contributed by atoms with E-state index in [1.807, 2.05) is 45.1 Å². The van der Waals surface area contributed by atoms with Gasteiger partial charge in [-0.1, -0.05) is 162 Å². The van der Waals surface area contributed by atoms with E-state index in [0.29, 0.717) is 45.1 Å². The molecule has 2 rings (SSSR count). The van der Waals surface area contributed by atoms with Crippen LogP contribution < -0.4 is 0 Å². The van der Waals surface area contributed by atoms with Gasteiger partial charge in [0.15, 0.2) is 30.7 Å². The normalized spacial score (nSPS) is 21.8. The van der Waals surface area contributed by atoms with Gasteiger partial charge in [-0.2, -0.15) is 0 Å². The number of carboxylic acid groups (broad SMARTS) is 1. The Labute approximate surface area is 575 Å². The van der Waals surface area contributed by atoms with Gasteiger partial charge in [0.1, 0.15) is 31.0 Å². The molecule has 0 aromatic rings. The number of alkyl halides is 1. The summed E-state index contributed by atoms with van der Waals surface area (Å²) < 4.78 is 58.2. The second-order valence-corrected chi connectivity index (χ2v) is 43.5. The number of methoxy groups -OCH3 is 3. The lowest BCUT2D eigenvalue weighted by Gasteiger charge is -2.44. The first-order chi connectivity index (χ1) is 43.8. The van der Waals surface area contributed by atoms with Crippen molar-refractivity contribution in [2.75, 3.05) is 39.8 Å². The standard InChI is InChI=1S/C73H130BrNO15Si3/c1-23-43-85-72(81)87-64(49-63(86-71(80)60-37-33-34-42-75(60)66(76)50-74)55(12)46-58-39-41-61(65(47-58)83-19)89-91(21,22)73(15,16)17)54(11)45-57(14)68(90-93(27-5,28-6)29-7)69(84-20)67(77)56(13)44-51(8)35-31-30-32-36-52(9)62(82-18)48-59(40-38-53(10)70(78)79)88-92(24-2,25-3)26-4/h23,30-32,35-36,45,51,53-56,58-65,68-69H,1,24-29,33-34,37-44,46-50H2,2-22H3,(H,78,79)/b32-30+,35-31+,52-36+,57-45+/t51-,53-,54-,55-,56-,58+,59+,60+,61-,62+,63+,64-,65-,68-,69+/m1/s1. The van der Waals surface area contributed by atoms with E-state index in [0.717, 1.165) is 79.5 Å². The van der Waals surface area contributed by atoms with Crippen molar-refractivity contribution in [3.8, 4) is 0 Å². The molecule has 0 spiro atoms. The van der Waals surface area contributed by atoms with E-state index >= 15 is 0 Å². The van der Waals surface area contributed by atoms with Crippen LogP contribution in [0.3, 0.4) is 0 Å². The molecule has 536 valence electrons. The van der Waals surface area contributed by atoms with E-state index in [-0.39, 0.29) is 77.3 Å². The third-order valence-corrected chi connectivity index (χ3v) is 35.4.